The molecule has 1 unspecified atom stereocenters. The van der Waals surface area contributed by atoms with Gasteiger partial charge in [0, 0.05) is 6.20 Å². The van der Waals surface area contributed by atoms with Crippen molar-refractivity contribution in [3.63, 3.8) is 0 Å². The SMILES string of the molecule is COc1cnc(C2(N)NC=C(C(F)(F)F)C=C2N)cn1. The molecule has 0 bridgehead atoms. The van der Waals surface area contributed by atoms with Crippen LogP contribution in [0.25, 0.3) is 0 Å². The number of allylic oxidation sites excluding steroid dienone is 2. The molecule has 108 valence electrons. The number of rotatable bonds is 2. The number of dihydropyridines is 1. The van der Waals surface area contributed by atoms with E-state index in [1.807, 2.05) is 0 Å². The van der Waals surface area contributed by atoms with Crippen LogP contribution in [0.5, 0.6) is 5.88 Å². The summed E-state index contributed by atoms with van der Waals surface area (Å²) in [5, 5.41) is 2.41. The summed E-state index contributed by atoms with van der Waals surface area (Å²) >= 11 is 0. The minimum absolute atomic E-state index is 0.171. The van der Waals surface area contributed by atoms with E-state index in [-0.39, 0.29) is 17.3 Å². The first-order chi connectivity index (χ1) is 9.27. The van der Waals surface area contributed by atoms with Crippen molar-refractivity contribution in [2.75, 3.05) is 7.11 Å². The first-order valence-electron chi connectivity index (χ1n) is 5.45. The average Bonchev–Trinajstić information content (AvgIpc) is 2.41. The van der Waals surface area contributed by atoms with Gasteiger partial charge in [0.2, 0.25) is 5.88 Å². The molecular weight excluding hydrogens is 275 g/mol. The maximum Gasteiger partial charge on any atom is 0.417 e. The molecule has 0 radical (unpaired) electrons. The third-order valence-electron chi connectivity index (χ3n) is 2.79. The molecule has 0 aromatic carbocycles. The number of hydrogen-bond donors (Lipinski definition) is 3. The lowest BCUT2D eigenvalue weighted by Crippen LogP contribution is -2.54. The quantitative estimate of drug-likeness (QED) is 0.732. The van der Waals surface area contributed by atoms with E-state index in [0.717, 1.165) is 12.3 Å². The summed E-state index contributed by atoms with van der Waals surface area (Å²) in [5.74, 6) is 0.252. The van der Waals surface area contributed by atoms with Crippen LogP contribution in [0.15, 0.2) is 35.9 Å². The molecule has 0 amide bonds. The van der Waals surface area contributed by atoms with Crippen molar-refractivity contribution in [3.8, 4) is 5.88 Å². The Morgan fingerprint density at radius 1 is 1.30 bits per heavy atom. The zero-order valence-corrected chi connectivity index (χ0v) is 10.4. The van der Waals surface area contributed by atoms with Crippen molar-refractivity contribution in [2.45, 2.75) is 11.8 Å². The van der Waals surface area contributed by atoms with Gasteiger partial charge in [-0.05, 0) is 6.08 Å². The Morgan fingerprint density at radius 3 is 2.45 bits per heavy atom. The number of alkyl halides is 3. The van der Waals surface area contributed by atoms with Crippen LogP contribution in [-0.4, -0.2) is 23.3 Å². The van der Waals surface area contributed by atoms with Gasteiger partial charge in [-0.1, -0.05) is 0 Å². The molecule has 0 fully saturated rings. The first-order valence-corrected chi connectivity index (χ1v) is 5.45. The number of nitrogens with two attached hydrogens (primary N) is 2. The zero-order chi connectivity index (χ0) is 15.0. The van der Waals surface area contributed by atoms with Crippen LogP contribution in [0.3, 0.4) is 0 Å². The number of halogens is 3. The standard InChI is InChI=1S/C11H12F3N5O/c1-20-9-5-17-8(4-18-9)10(16)7(15)2-6(3-19-10)11(12,13)14/h2-5,19H,15-16H2,1H3. The maximum atomic E-state index is 12.6. The zero-order valence-electron chi connectivity index (χ0n) is 10.4. The lowest BCUT2D eigenvalue weighted by Gasteiger charge is -2.33. The second kappa shape index (κ2) is 4.67. The summed E-state index contributed by atoms with van der Waals surface area (Å²) in [7, 11) is 1.41. The number of methoxy groups -OCH3 is 1. The van der Waals surface area contributed by atoms with E-state index in [0.29, 0.717) is 0 Å². The lowest BCUT2D eigenvalue weighted by atomic mass is 9.98. The van der Waals surface area contributed by atoms with Crippen molar-refractivity contribution < 1.29 is 17.9 Å². The summed E-state index contributed by atoms with van der Waals surface area (Å²) in [4.78, 5) is 7.87. The van der Waals surface area contributed by atoms with Gasteiger partial charge < -0.3 is 15.8 Å². The van der Waals surface area contributed by atoms with E-state index in [2.05, 4.69) is 15.3 Å². The highest BCUT2D eigenvalue weighted by atomic mass is 19.4. The average molecular weight is 287 g/mol. The van der Waals surface area contributed by atoms with Crippen LogP contribution >= 0.6 is 0 Å². The van der Waals surface area contributed by atoms with Gasteiger partial charge in [-0.15, -0.1) is 0 Å². The highest BCUT2D eigenvalue weighted by molar-refractivity contribution is 5.39. The molecule has 0 aliphatic carbocycles. The fourth-order valence-electron chi connectivity index (χ4n) is 1.61. The molecule has 1 aliphatic rings. The van der Waals surface area contributed by atoms with Crippen LogP contribution in [0.4, 0.5) is 13.2 Å². The van der Waals surface area contributed by atoms with Gasteiger partial charge in [0.15, 0.2) is 5.66 Å². The molecule has 0 saturated carbocycles. The molecule has 2 rings (SSSR count). The fourth-order valence-corrected chi connectivity index (χ4v) is 1.61. The lowest BCUT2D eigenvalue weighted by molar-refractivity contribution is -0.0891. The minimum atomic E-state index is -4.51. The fraction of sp³-hybridized carbons (Fsp3) is 0.273. The van der Waals surface area contributed by atoms with E-state index in [4.69, 9.17) is 16.2 Å². The predicted octanol–water partition coefficient (Wildman–Crippen LogP) is 0.489. The van der Waals surface area contributed by atoms with Crippen LogP contribution < -0.4 is 21.5 Å². The van der Waals surface area contributed by atoms with Crippen LogP contribution in [0, 0.1) is 0 Å². The smallest absolute Gasteiger partial charge is 0.417 e. The van der Waals surface area contributed by atoms with Crippen molar-refractivity contribution in [1.82, 2.24) is 15.3 Å². The highest BCUT2D eigenvalue weighted by Crippen LogP contribution is 2.32. The molecule has 9 heteroatoms. The molecule has 1 atom stereocenters. The Labute approximate surface area is 112 Å². The largest absolute Gasteiger partial charge is 0.480 e. The Kier molecular flexibility index (Phi) is 3.30. The van der Waals surface area contributed by atoms with Gasteiger partial charge in [-0.25, -0.2) is 9.97 Å². The molecule has 20 heavy (non-hydrogen) atoms. The Bertz CT molecular complexity index is 566. The van der Waals surface area contributed by atoms with E-state index < -0.39 is 17.4 Å². The molecular formula is C11H12F3N5O. The van der Waals surface area contributed by atoms with E-state index >= 15 is 0 Å². The number of nitrogens with zero attached hydrogens (tertiary/aromatic N) is 2. The van der Waals surface area contributed by atoms with Crippen molar-refractivity contribution in [1.29, 1.82) is 0 Å². The van der Waals surface area contributed by atoms with Crippen LogP contribution in [-0.2, 0) is 5.66 Å². The Hall–Kier alpha value is -2.29. The molecule has 1 aromatic heterocycles. The van der Waals surface area contributed by atoms with Gasteiger partial charge in [-0.2, -0.15) is 13.2 Å². The third-order valence-corrected chi connectivity index (χ3v) is 2.79. The van der Waals surface area contributed by atoms with Crippen LogP contribution in [0.2, 0.25) is 0 Å². The van der Waals surface area contributed by atoms with E-state index in [1.165, 1.54) is 19.5 Å². The Balaban J connectivity index is 2.33. The van der Waals surface area contributed by atoms with E-state index in [1.54, 1.807) is 0 Å². The van der Waals surface area contributed by atoms with Crippen molar-refractivity contribution in [2.24, 2.45) is 11.5 Å². The molecule has 1 aliphatic heterocycles. The summed E-state index contributed by atoms with van der Waals surface area (Å²) in [6.45, 7) is 0. The molecule has 1 aromatic rings. The van der Waals surface area contributed by atoms with Crippen LogP contribution in [0.1, 0.15) is 5.69 Å². The second-order valence-electron chi connectivity index (χ2n) is 4.09. The molecule has 0 saturated heterocycles. The minimum Gasteiger partial charge on any atom is -0.480 e. The third kappa shape index (κ3) is 2.39. The maximum absolute atomic E-state index is 12.6. The summed E-state index contributed by atoms with van der Waals surface area (Å²) in [5.41, 5.74) is 9.09. The number of aromatic nitrogens is 2. The van der Waals surface area contributed by atoms with Crippen molar-refractivity contribution >= 4 is 0 Å². The van der Waals surface area contributed by atoms with Gasteiger partial charge >= 0.3 is 6.18 Å². The monoisotopic (exact) mass is 287 g/mol. The van der Waals surface area contributed by atoms with Crippen molar-refractivity contribution in [3.05, 3.63) is 41.6 Å². The summed E-state index contributed by atoms with van der Waals surface area (Å²) in [6, 6.07) is 0. The topological polar surface area (TPSA) is 99.1 Å². The molecule has 0 spiro atoms. The molecule has 2 heterocycles. The van der Waals surface area contributed by atoms with Gasteiger partial charge in [0.1, 0.15) is 5.69 Å². The first kappa shape index (κ1) is 14.1. The number of hydrogen-bond acceptors (Lipinski definition) is 6. The Morgan fingerprint density at radius 2 is 2.00 bits per heavy atom. The predicted molar refractivity (Wildman–Crippen MR) is 64.0 cm³/mol. The number of ether oxygens (including phenoxy) is 1. The van der Waals surface area contributed by atoms with Gasteiger partial charge in [-0.3, -0.25) is 5.73 Å². The van der Waals surface area contributed by atoms with Gasteiger partial charge in [0.25, 0.3) is 0 Å². The molecule has 5 N–H and O–H groups in total. The summed E-state index contributed by atoms with van der Waals surface area (Å²) in [6.07, 6.45) is -0.421. The normalized spacial score (nSPS) is 22.6. The second-order valence-corrected chi connectivity index (χ2v) is 4.09. The van der Waals surface area contributed by atoms with Gasteiger partial charge in [0.05, 0.1) is 30.8 Å². The molecule has 6 nitrogen and oxygen atoms in total. The number of nitrogens with one attached hydrogen (secondary N) is 1. The highest BCUT2D eigenvalue weighted by Gasteiger charge is 2.40. The summed E-state index contributed by atoms with van der Waals surface area (Å²) < 4.78 is 42.6. The van der Waals surface area contributed by atoms with E-state index in [9.17, 15) is 13.2 Å².